The standard InChI is InChI=1S/C24H30N2O7S/c1-3-25(18-11-12-34(31,32)14-18)21(27)15(2)33-24(30)16-9-10-19-20(13-16)23(29)26(22(19)28)17-7-5-4-6-8-17/h9-10,13,15,17-18H,3-8,11-12,14H2,1-2H3/t15-,18-/m1/s1. The van der Waals surface area contributed by atoms with Gasteiger partial charge >= 0.3 is 5.97 Å². The van der Waals surface area contributed by atoms with Crippen LogP contribution in [0.2, 0.25) is 0 Å². The largest absolute Gasteiger partial charge is 0.449 e. The van der Waals surface area contributed by atoms with Crippen molar-refractivity contribution in [3.05, 3.63) is 34.9 Å². The molecule has 0 spiro atoms. The van der Waals surface area contributed by atoms with Crippen LogP contribution in [-0.4, -0.2) is 78.1 Å². The van der Waals surface area contributed by atoms with E-state index in [1.165, 1.54) is 34.9 Å². The van der Waals surface area contributed by atoms with E-state index >= 15 is 0 Å². The first kappa shape index (κ1) is 24.4. The van der Waals surface area contributed by atoms with Crippen LogP contribution >= 0.6 is 0 Å². The molecule has 0 radical (unpaired) electrons. The number of rotatable bonds is 6. The second-order valence-electron chi connectivity index (χ2n) is 9.26. The van der Waals surface area contributed by atoms with Crippen LogP contribution in [0.1, 0.15) is 83.4 Å². The maximum Gasteiger partial charge on any atom is 0.338 e. The number of amides is 3. The molecule has 3 aliphatic rings. The SMILES string of the molecule is CCN(C(=O)[C@@H](C)OC(=O)c1ccc2c(c1)C(=O)N(C1CCCCC1)C2=O)[C@@H]1CCS(=O)(=O)C1. The molecule has 0 aromatic heterocycles. The molecular formula is C24H30N2O7S. The second kappa shape index (κ2) is 9.48. The summed E-state index contributed by atoms with van der Waals surface area (Å²) >= 11 is 0. The summed E-state index contributed by atoms with van der Waals surface area (Å²) in [5.74, 6) is -2.03. The first-order chi connectivity index (χ1) is 16.1. The number of carbonyl (C=O) groups excluding carboxylic acids is 4. The van der Waals surface area contributed by atoms with Crippen LogP contribution in [-0.2, 0) is 19.4 Å². The first-order valence-electron chi connectivity index (χ1n) is 11.9. The number of esters is 1. The summed E-state index contributed by atoms with van der Waals surface area (Å²) in [5, 5.41) is 0. The Kier molecular flexibility index (Phi) is 6.80. The van der Waals surface area contributed by atoms with Crippen molar-refractivity contribution in [2.24, 2.45) is 0 Å². The average Bonchev–Trinajstić information content (AvgIpc) is 3.30. The third-order valence-electron chi connectivity index (χ3n) is 7.00. The van der Waals surface area contributed by atoms with Crippen molar-refractivity contribution in [1.29, 1.82) is 0 Å². The Bertz CT molecular complexity index is 1120. The average molecular weight is 491 g/mol. The van der Waals surface area contributed by atoms with E-state index < -0.39 is 39.8 Å². The topological polar surface area (TPSA) is 118 Å². The smallest absolute Gasteiger partial charge is 0.338 e. The normalized spacial score (nSPS) is 23.0. The van der Waals surface area contributed by atoms with Crippen molar-refractivity contribution in [2.45, 2.75) is 70.6 Å². The highest BCUT2D eigenvalue weighted by molar-refractivity contribution is 7.91. The zero-order chi connectivity index (χ0) is 24.6. The number of ether oxygens (including phenoxy) is 1. The number of carbonyl (C=O) groups is 4. The highest BCUT2D eigenvalue weighted by Gasteiger charge is 2.41. The van der Waals surface area contributed by atoms with Crippen molar-refractivity contribution >= 4 is 33.5 Å². The van der Waals surface area contributed by atoms with Gasteiger partial charge in [-0.1, -0.05) is 19.3 Å². The van der Waals surface area contributed by atoms with Crippen LogP contribution in [0.15, 0.2) is 18.2 Å². The molecule has 0 unspecified atom stereocenters. The van der Waals surface area contributed by atoms with E-state index in [1.54, 1.807) is 6.92 Å². The molecule has 10 heteroatoms. The number of sulfone groups is 1. The predicted molar refractivity (Wildman–Crippen MR) is 123 cm³/mol. The molecule has 4 rings (SSSR count). The molecule has 2 heterocycles. The van der Waals surface area contributed by atoms with Gasteiger partial charge in [-0.2, -0.15) is 0 Å². The van der Waals surface area contributed by atoms with Crippen molar-refractivity contribution in [3.63, 3.8) is 0 Å². The lowest BCUT2D eigenvalue weighted by Gasteiger charge is -2.29. The van der Waals surface area contributed by atoms with Crippen LogP contribution in [0.5, 0.6) is 0 Å². The number of nitrogens with zero attached hydrogens (tertiary/aromatic N) is 2. The molecule has 2 fully saturated rings. The van der Waals surface area contributed by atoms with Crippen LogP contribution in [0.3, 0.4) is 0 Å². The highest BCUT2D eigenvalue weighted by atomic mass is 32.2. The minimum absolute atomic E-state index is 0.0371. The predicted octanol–water partition coefficient (Wildman–Crippen LogP) is 2.20. The van der Waals surface area contributed by atoms with E-state index in [1.807, 2.05) is 0 Å². The summed E-state index contributed by atoms with van der Waals surface area (Å²) in [6, 6.07) is 3.70. The Morgan fingerprint density at radius 2 is 1.76 bits per heavy atom. The molecule has 3 amide bonds. The van der Waals surface area contributed by atoms with E-state index in [4.69, 9.17) is 4.74 Å². The van der Waals surface area contributed by atoms with Crippen molar-refractivity contribution in [1.82, 2.24) is 9.80 Å². The number of imide groups is 1. The lowest BCUT2D eigenvalue weighted by Crippen LogP contribution is -2.46. The molecule has 0 bridgehead atoms. The molecule has 2 aliphatic heterocycles. The number of fused-ring (bicyclic) bond motifs is 1. The minimum Gasteiger partial charge on any atom is -0.449 e. The van der Waals surface area contributed by atoms with Gasteiger partial charge in [-0.15, -0.1) is 0 Å². The summed E-state index contributed by atoms with van der Waals surface area (Å²) in [7, 11) is -3.17. The quantitative estimate of drug-likeness (QED) is 0.443. The molecule has 1 aromatic rings. The van der Waals surface area contributed by atoms with Crippen LogP contribution < -0.4 is 0 Å². The van der Waals surface area contributed by atoms with Gasteiger partial charge in [-0.25, -0.2) is 13.2 Å². The number of hydrogen-bond donors (Lipinski definition) is 0. The maximum absolute atomic E-state index is 13.0. The van der Waals surface area contributed by atoms with Gasteiger partial charge in [0, 0.05) is 18.6 Å². The van der Waals surface area contributed by atoms with Gasteiger partial charge in [0.1, 0.15) is 0 Å². The number of likely N-dealkylation sites (N-methyl/N-ethyl adjacent to an activating group) is 1. The van der Waals surface area contributed by atoms with E-state index in [2.05, 4.69) is 0 Å². The van der Waals surface area contributed by atoms with Gasteiger partial charge < -0.3 is 9.64 Å². The van der Waals surface area contributed by atoms with E-state index in [-0.39, 0.29) is 40.1 Å². The monoisotopic (exact) mass is 490 g/mol. The molecule has 1 aromatic carbocycles. The Morgan fingerprint density at radius 3 is 2.38 bits per heavy atom. The molecule has 34 heavy (non-hydrogen) atoms. The van der Waals surface area contributed by atoms with Gasteiger partial charge in [0.15, 0.2) is 15.9 Å². The highest BCUT2D eigenvalue weighted by Crippen LogP contribution is 2.31. The number of hydrogen-bond acceptors (Lipinski definition) is 7. The van der Waals surface area contributed by atoms with Crippen LogP contribution in [0.4, 0.5) is 0 Å². The summed E-state index contributed by atoms with van der Waals surface area (Å²) in [4.78, 5) is 54.2. The third kappa shape index (κ3) is 4.60. The molecule has 0 N–H and O–H groups in total. The Hall–Kier alpha value is -2.75. The van der Waals surface area contributed by atoms with E-state index in [9.17, 15) is 27.6 Å². The molecule has 9 nitrogen and oxygen atoms in total. The zero-order valence-electron chi connectivity index (χ0n) is 19.5. The fourth-order valence-corrected chi connectivity index (χ4v) is 6.92. The molecule has 1 saturated carbocycles. The zero-order valence-corrected chi connectivity index (χ0v) is 20.3. The fourth-order valence-electron chi connectivity index (χ4n) is 5.19. The molecule has 1 aliphatic carbocycles. The van der Waals surface area contributed by atoms with Gasteiger partial charge in [0.25, 0.3) is 17.7 Å². The van der Waals surface area contributed by atoms with Crippen LogP contribution in [0.25, 0.3) is 0 Å². The van der Waals surface area contributed by atoms with Gasteiger partial charge in [-0.3, -0.25) is 19.3 Å². The van der Waals surface area contributed by atoms with E-state index in [0.29, 0.717) is 13.0 Å². The Labute approximate surface area is 199 Å². The van der Waals surface area contributed by atoms with Crippen molar-refractivity contribution < 1.29 is 32.3 Å². The summed E-state index contributed by atoms with van der Waals surface area (Å²) in [5.41, 5.74) is 0.530. The molecule has 2 atom stereocenters. The Balaban J connectivity index is 1.45. The van der Waals surface area contributed by atoms with E-state index in [0.717, 1.165) is 32.1 Å². The van der Waals surface area contributed by atoms with Gasteiger partial charge in [-0.05, 0) is 51.3 Å². The van der Waals surface area contributed by atoms with Crippen LogP contribution in [0, 0.1) is 0 Å². The first-order valence-corrected chi connectivity index (χ1v) is 13.7. The summed E-state index contributed by atoms with van der Waals surface area (Å²) in [6.45, 7) is 3.49. The van der Waals surface area contributed by atoms with Gasteiger partial charge in [0.05, 0.1) is 28.2 Å². The van der Waals surface area contributed by atoms with Crippen molar-refractivity contribution in [2.75, 3.05) is 18.1 Å². The molecule has 184 valence electrons. The number of benzene rings is 1. The summed E-state index contributed by atoms with van der Waals surface area (Å²) in [6.07, 6.45) is 3.86. The minimum atomic E-state index is -3.17. The lowest BCUT2D eigenvalue weighted by molar-refractivity contribution is -0.141. The Morgan fingerprint density at radius 1 is 1.09 bits per heavy atom. The second-order valence-corrected chi connectivity index (χ2v) is 11.5. The molecular weight excluding hydrogens is 460 g/mol. The molecule has 1 saturated heterocycles. The van der Waals surface area contributed by atoms with Gasteiger partial charge in [0.2, 0.25) is 0 Å². The fraction of sp³-hybridized carbons (Fsp3) is 0.583. The maximum atomic E-state index is 13.0. The van der Waals surface area contributed by atoms with Crippen molar-refractivity contribution in [3.8, 4) is 0 Å². The summed E-state index contributed by atoms with van der Waals surface area (Å²) < 4.78 is 29.0. The third-order valence-corrected chi connectivity index (χ3v) is 8.75. The lowest BCUT2D eigenvalue weighted by atomic mass is 9.94.